The average molecular weight is 279 g/mol. The summed E-state index contributed by atoms with van der Waals surface area (Å²) in [5.74, 6) is -1.10. The normalized spacial score (nSPS) is 8.70. The topological polar surface area (TPSA) is 70.1 Å². The van der Waals surface area contributed by atoms with E-state index in [0.29, 0.717) is 5.69 Å². The number of carboxylic acid groups (broad SMARTS) is 1. The van der Waals surface area contributed by atoms with Gasteiger partial charge in [-0.1, -0.05) is 30.3 Å². The number of nitrogens with zero attached hydrogens (tertiary/aromatic N) is 1. The third kappa shape index (κ3) is 6.10. The Morgan fingerprint density at radius 1 is 1.05 bits per heavy atom. The van der Waals surface area contributed by atoms with Gasteiger partial charge in [-0.25, -0.2) is 0 Å². The number of rotatable bonds is 2. The molecular formula is C15H14NNaO3. The average Bonchev–Trinajstić information content (AvgIpc) is 2.39. The van der Waals surface area contributed by atoms with Gasteiger partial charge in [0.2, 0.25) is 5.78 Å². The Morgan fingerprint density at radius 3 is 2.10 bits per heavy atom. The number of carbonyl (C=O) groups is 2. The van der Waals surface area contributed by atoms with E-state index in [-0.39, 0.29) is 35.3 Å². The number of aliphatic carboxylic acids is 1. The van der Waals surface area contributed by atoms with Crippen molar-refractivity contribution < 1.29 is 44.3 Å². The summed E-state index contributed by atoms with van der Waals surface area (Å²) in [6.45, 7) is 2.90. The number of hydrogen-bond donors (Lipinski definition) is 0. The quantitative estimate of drug-likeness (QED) is 0.489. The van der Waals surface area contributed by atoms with Gasteiger partial charge >= 0.3 is 29.6 Å². The summed E-state index contributed by atoms with van der Waals surface area (Å²) >= 11 is 0. The van der Waals surface area contributed by atoms with Crippen LogP contribution in [0, 0.1) is 6.92 Å². The Morgan fingerprint density at radius 2 is 1.60 bits per heavy atom. The number of aromatic nitrogens is 1. The molecular weight excluding hydrogens is 265 g/mol. The summed E-state index contributed by atoms with van der Waals surface area (Å²) in [4.78, 5) is 24.9. The second kappa shape index (κ2) is 9.42. The molecule has 5 heteroatoms. The van der Waals surface area contributed by atoms with Crippen molar-refractivity contribution in [3.8, 4) is 0 Å². The maximum Gasteiger partial charge on any atom is 1.00 e. The fourth-order valence-corrected chi connectivity index (χ4v) is 1.46. The van der Waals surface area contributed by atoms with Crippen LogP contribution in [0.25, 0.3) is 0 Å². The van der Waals surface area contributed by atoms with Crippen molar-refractivity contribution in [2.24, 2.45) is 0 Å². The zero-order valence-corrected chi connectivity index (χ0v) is 13.8. The largest absolute Gasteiger partial charge is 1.00 e. The molecule has 2 aromatic rings. The molecule has 2 rings (SSSR count). The third-order valence-electron chi connectivity index (χ3n) is 2.29. The Kier molecular flexibility index (Phi) is 8.72. The second-order valence-electron chi connectivity index (χ2n) is 3.85. The van der Waals surface area contributed by atoms with E-state index in [1.165, 1.54) is 0 Å². The maximum absolute atomic E-state index is 12.0. The molecule has 20 heavy (non-hydrogen) atoms. The Balaban J connectivity index is 0.000000644. The minimum Gasteiger partial charge on any atom is -0.550 e. The van der Waals surface area contributed by atoms with Crippen LogP contribution in [0.15, 0.2) is 48.7 Å². The molecule has 0 saturated carbocycles. The van der Waals surface area contributed by atoms with Gasteiger partial charge in [0.1, 0.15) is 5.69 Å². The van der Waals surface area contributed by atoms with E-state index in [4.69, 9.17) is 9.90 Å². The molecule has 0 fully saturated rings. The predicted octanol–water partition coefficient (Wildman–Crippen LogP) is -1.62. The number of carboxylic acids is 1. The Hall–Kier alpha value is -1.49. The molecule has 98 valence electrons. The third-order valence-corrected chi connectivity index (χ3v) is 2.29. The number of hydrogen-bond acceptors (Lipinski definition) is 4. The van der Waals surface area contributed by atoms with E-state index in [1.807, 2.05) is 37.3 Å². The first-order chi connectivity index (χ1) is 9.02. The van der Waals surface area contributed by atoms with E-state index in [2.05, 4.69) is 4.98 Å². The first kappa shape index (κ1) is 18.5. The summed E-state index contributed by atoms with van der Waals surface area (Å²) in [7, 11) is 0. The van der Waals surface area contributed by atoms with E-state index in [0.717, 1.165) is 18.1 Å². The maximum atomic E-state index is 12.0. The van der Waals surface area contributed by atoms with Crippen molar-refractivity contribution in [3.63, 3.8) is 0 Å². The molecule has 0 aliphatic rings. The van der Waals surface area contributed by atoms with Crippen LogP contribution in [-0.2, 0) is 4.79 Å². The number of aryl methyl sites for hydroxylation is 1. The van der Waals surface area contributed by atoms with Gasteiger partial charge in [-0.05, 0) is 31.5 Å². The van der Waals surface area contributed by atoms with Gasteiger partial charge in [-0.3, -0.25) is 9.78 Å². The summed E-state index contributed by atoms with van der Waals surface area (Å²) in [6.07, 6.45) is 1.63. The van der Waals surface area contributed by atoms with E-state index >= 15 is 0 Å². The first-order valence-corrected chi connectivity index (χ1v) is 5.71. The van der Waals surface area contributed by atoms with Gasteiger partial charge in [0.15, 0.2) is 0 Å². The molecule has 0 spiro atoms. The van der Waals surface area contributed by atoms with Gasteiger partial charge in [0.25, 0.3) is 0 Å². The molecule has 0 amide bonds. The van der Waals surface area contributed by atoms with Crippen LogP contribution in [-0.4, -0.2) is 16.7 Å². The number of carbonyl (C=O) groups excluding carboxylic acids is 2. The molecule has 4 nitrogen and oxygen atoms in total. The minimum atomic E-state index is -1.08. The SMILES string of the molecule is CC(=O)[O-].Cc1ccccc1C(=O)c1ccccn1.[Na+]. The van der Waals surface area contributed by atoms with Crippen LogP contribution in [0.5, 0.6) is 0 Å². The number of ketones is 1. The Labute approximate surface area is 140 Å². The van der Waals surface area contributed by atoms with Gasteiger partial charge in [-0.2, -0.15) is 0 Å². The molecule has 0 aliphatic heterocycles. The second-order valence-corrected chi connectivity index (χ2v) is 3.85. The van der Waals surface area contributed by atoms with Crippen molar-refractivity contribution in [2.45, 2.75) is 13.8 Å². The molecule has 0 bridgehead atoms. The molecule has 0 aliphatic carbocycles. The fraction of sp³-hybridized carbons (Fsp3) is 0.133. The van der Waals surface area contributed by atoms with E-state index in [1.54, 1.807) is 18.3 Å². The summed E-state index contributed by atoms with van der Waals surface area (Å²) in [6, 6.07) is 12.9. The van der Waals surface area contributed by atoms with Crippen LogP contribution >= 0.6 is 0 Å². The molecule has 1 aromatic heterocycles. The van der Waals surface area contributed by atoms with Crippen LogP contribution in [0.3, 0.4) is 0 Å². The molecule has 1 heterocycles. The predicted molar refractivity (Wildman–Crippen MR) is 69.5 cm³/mol. The number of benzene rings is 1. The van der Waals surface area contributed by atoms with Crippen molar-refractivity contribution in [1.29, 1.82) is 0 Å². The standard InChI is InChI=1S/C13H11NO.C2H4O2.Na/c1-10-6-2-3-7-11(10)13(15)12-8-4-5-9-14-12;1-2(3)4;/h2-9H,1H3;1H3,(H,3,4);/q;;+1/p-1. The van der Waals surface area contributed by atoms with Crippen molar-refractivity contribution in [2.75, 3.05) is 0 Å². The van der Waals surface area contributed by atoms with Gasteiger partial charge in [-0.15, -0.1) is 0 Å². The zero-order chi connectivity index (χ0) is 14.3. The fourth-order valence-electron chi connectivity index (χ4n) is 1.46. The van der Waals surface area contributed by atoms with Gasteiger partial charge < -0.3 is 9.90 Å². The van der Waals surface area contributed by atoms with Crippen molar-refractivity contribution >= 4 is 11.8 Å². The van der Waals surface area contributed by atoms with Crippen molar-refractivity contribution in [1.82, 2.24) is 4.98 Å². The minimum absolute atomic E-state index is 0. The Bertz CT molecular complexity index is 566. The molecule has 0 saturated heterocycles. The molecule has 1 aromatic carbocycles. The summed E-state index contributed by atoms with van der Waals surface area (Å²) in [5.41, 5.74) is 2.19. The van der Waals surface area contributed by atoms with Crippen LogP contribution in [0.4, 0.5) is 0 Å². The summed E-state index contributed by atoms with van der Waals surface area (Å²) < 4.78 is 0. The molecule has 0 atom stereocenters. The van der Waals surface area contributed by atoms with Crippen LogP contribution in [0.2, 0.25) is 0 Å². The zero-order valence-electron chi connectivity index (χ0n) is 11.8. The van der Waals surface area contributed by atoms with Crippen molar-refractivity contribution in [3.05, 3.63) is 65.5 Å². The number of pyridine rings is 1. The van der Waals surface area contributed by atoms with Crippen LogP contribution < -0.4 is 34.7 Å². The monoisotopic (exact) mass is 279 g/mol. The smallest absolute Gasteiger partial charge is 0.550 e. The van der Waals surface area contributed by atoms with Gasteiger partial charge in [0, 0.05) is 17.7 Å². The van der Waals surface area contributed by atoms with Crippen LogP contribution in [0.1, 0.15) is 28.5 Å². The van der Waals surface area contributed by atoms with E-state index < -0.39 is 5.97 Å². The van der Waals surface area contributed by atoms with E-state index in [9.17, 15) is 4.79 Å². The molecule has 0 N–H and O–H groups in total. The molecule has 0 radical (unpaired) electrons. The van der Waals surface area contributed by atoms with Gasteiger partial charge in [0.05, 0.1) is 0 Å². The molecule has 0 unspecified atom stereocenters. The summed E-state index contributed by atoms with van der Waals surface area (Å²) in [5, 5.41) is 8.89. The first-order valence-electron chi connectivity index (χ1n) is 5.71.